The van der Waals surface area contributed by atoms with Crippen molar-refractivity contribution in [3.05, 3.63) is 28.8 Å². The van der Waals surface area contributed by atoms with Crippen molar-refractivity contribution in [2.75, 3.05) is 18.5 Å². The minimum atomic E-state index is -0.731. The molecule has 0 fully saturated rings. The molecule has 1 aromatic carbocycles. The molecule has 1 heterocycles. The molecule has 86 valence electrons. The average Bonchev–Trinajstić information content (AvgIpc) is 2.53. The predicted octanol–water partition coefficient (Wildman–Crippen LogP) is 2.74. The SMILES string of the molecule is CN1CC(CCC(=O)O)c2ccc(Cl)cc21. The minimum Gasteiger partial charge on any atom is -0.481 e. The molecule has 1 N–H and O–H groups in total. The van der Waals surface area contributed by atoms with Gasteiger partial charge in [-0.2, -0.15) is 0 Å². The highest BCUT2D eigenvalue weighted by Crippen LogP contribution is 2.39. The van der Waals surface area contributed by atoms with Gasteiger partial charge < -0.3 is 10.0 Å². The number of anilines is 1. The number of aliphatic carboxylic acids is 1. The summed E-state index contributed by atoms with van der Waals surface area (Å²) in [5.41, 5.74) is 2.34. The van der Waals surface area contributed by atoms with Gasteiger partial charge in [-0.1, -0.05) is 17.7 Å². The van der Waals surface area contributed by atoms with Gasteiger partial charge in [-0.25, -0.2) is 0 Å². The third-order valence-electron chi connectivity index (χ3n) is 3.04. The fourth-order valence-corrected chi connectivity index (χ4v) is 2.43. The van der Waals surface area contributed by atoms with E-state index in [2.05, 4.69) is 4.90 Å². The largest absolute Gasteiger partial charge is 0.481 e. The molecule has 0 saturated heterocycles. The van der Waals surface area contributed by atoms with E-state index in [9.17, 15) is 4.79 Å². The number of carboxylic acids is 1. The molecule has 0 spiro atoms. The first-order valence-electron chi connectivity index (χ1n) is 5.30. The lowest BCUT2D eigenvalue weighted by Crippen LogP contribution is -2.15. The number of hydrogen-bond acceptors (Lipinski definition) is 2. The number of hydrogen-bond donors (Lipinski definition) is 1. The first-order valence-corrected chi connectivity index (χ1v) is 5.68. The Hall–Kier alpha value is -1.22. The van der Waals surface area contributed by atoms with E-state index >= 15 is 0 Å². The van der Waals surface area contributed by atoms with E-state index in [0.29, 0.717) is 12.3 Å². The van der Waals surface area contributed by atoms with Gasteiger partial charge in [0.1, 0.15) is 0 Å². The molecule has 0 radical (unpaired) electrons. The van der Waals surface area contributed by atoms with Crippen LogP contribution in [0, 0.1) is 0 Å². The molecule has 0 bridgehead atoms. The van der Waals surface area contributed by atoms with E-state index in [4.69, 9.17) is 16.7 Å². The maximum Gasteiger partial charge on any atom is 0.303 e. The standard InChI is InChI=1S/C12H14ClNO2/c1-14-7-8(2-5-12(15)16)10-4-3-9(13)6-11(10)14/h3-4,6,8H,2,5,7H2,1H3,(H,15,16). The van der Waals surface area contributed by atoms with Crippen LogP contribution in [0.2, 0.25) is 5.02 Å². The van der Waals surface area contributed by atoms with Crippen LogP contribution in [0.1, 0.15) is 24.3 Å². The summed E-state index contributed by atoms with van der Waals surface area (Å²) in [6.07, 6.45) is 0.912. The van der Waals surface area contributed by atoms with E-state index in [1.807, 2.05) is 25.2 Å². The Kier molecular flexibility index (Phi) is 3.06. The van der Waals surface area contributed by atoms with Crippen LogP contribution < -0.4 is 4.90 Å². The van der Waals surface area contributed by atoms with Crippen LogP contribution in [0.25, 0.3) is 0 Å². The molecule has 4 heteroatoms. The zero-order chi connectivity index (χ0) is 11.7. The molecule has 1 aliphatic heterocycles. The second-order valence-electron chi connectivity index (χ2n) is 4.21. The molecule has 1 unspecified atom stereocenters. The number of nitrogens with zero attached hydrogens (tertiary/aromatic N) is 1. The highest BCUT2D eigenvalue weighted by Gasteiger charge is 2.26. The maximum atomic E-state index is 10.6. The lowest BCUT2D eigenvalue weighted by Gasteiger charge is -2.12. The van der Waals surface area contributed by atoms with E-state index in [0.717, 1.165) is 17.3 Å². The normalized spacial score (nSPS) is 18.6. The Labute approximate surface area is 99.6 Å². The summed E-state index contributed by atoms with van der Waals surface area (Å²) >= 11 is 5.94. The quantitative estimate of drug-likeness (QED) is 0.882. The minimum absolute atomic E-state index is 0.223. The molecule has 0 saturated carbocycles. The maximum absolute atomic E-state index is 10.6. The van der Waals surface area contributed by atoms with Gasteiger partial charge >= 0.3 is 5.97 Å². The molecule has 0 aliphatic carbocycles. The summed E-state index contributed by atoms with van der Waals surface area (Å²) in [6, 6.07) is 5.82. The second-order valence-corrected chi connectivity index (χ2v) is 4.65. The first kappa shape index (κ1) is 11.3. The predicted molar refractivity (Wildman–Crippen MR) is 64.3 cm³/mol. The van der Waals surface area contributed by atoms with Crippen molar-refractivity contribution in [3.63, 3.8) is 0 Å². The zero-order valence-electron chi connectivity index (χ0n) is 9.11. The third kappa shape index (κ3) is 2.14. The average molecular weight is 240 g/mol. The monoisotopic (exact) mass is 239 g/mol. The molecule has 0 aromatic heterocycles. The highest BCUT2D eigenvalue weighted by atomic mass is 35.5. The summed E-state index contributed by atoms with van der Waals surface area (Å²) in [6.45, 7) is 0.878. The van der Waals surface area contributed by atoms with Gasteiger partial charge in [-0.05, 0) is 24.1 Å². The molecule has 2 rings (SSSR count). The van der Waals surface area contributed by atoms with E-state index in [1.54, 1.807) is 0 Å². The summed E-state index contributed by atoms with van der Waals surface area (Å²) in [5, 5.41) is 9.42. The van der Waals surface area contributed by atoms with Gasteiger partial charge in [0.15, 0.2) is 0 Å². The number of benzene rings is 1. The molecular weight excluding hydrogens is 226 g/mol. The Bertz CT molecular complexity index is 419. The van der Waals surface area contributed by atoms with Crippen molar-refractivity contribution in [2.24, 2.45) is 0 Å². The van der Waals surface area contributed by atoms with Gasteiger partial charge in [0.2, 0.25) is 0 Å². The number of likely N-dealkylation sites (N-methyl/N-ethyl adjacent to an activating group) is 1. The molecule has 3 nitrogen and oxygen atoms in total. The molecular formula is C12H14ClNO2. The van der Waals surface area contributed by atoms with Crippen LogP contribution in [0.3, 0.4) is 0 Å². The summed E-state index contributed by atoms with van der Waals surface area (Å²) in [5.74, 6) is -0.418. The van der Waals surface area contributed by atoms with Crippen LogP contribution in [-0.2, 0) is 4.79 Å². The smallest absolute Gasteiger partial charge is 0.303 e. The van der Waals surface area contributed by atoms with Gasteiger partial charge in [-0.3, -0.25) is 4.79 Å². The van der Waals surface area contributed by atoms with Crippen LogP contribution >= 0.6 is 11.6 Å². The van der Waals surface area contributed by atoms with Gasteiger partial charge in [-0.15, -0.1) is 0 Å². The molecule has 16 heavy (non-hydrogen) atoms. The van der Waals surface area contributed by atoms with E-state index in [1.165, 1.54) is 5.56 Å². The second kappa shape index (κ2) is 4.34. The van der Waals surface area contributed by atoms with E-state index in [-0.39, 0.29) is 6.42 Å². The van der Waals surface area contributed by atoms with Crippen molar-refractivity contribution in [1.82, 2.24) is 0 Å². The molecule has 1 aromatic rings. The van der Waals surface area contributed by atoms with Gasteiger partial charge in [0.05, 0.1) is 0 Å². The Morgan fingerprint density at radius 2 is 2.38 bits per heavy atom. The van der Waals surface area contributed by atoms with Crippen molar-refractivity contribution >= 4 is 23.3 Å². The number of fused-ring (bicyclic) bond motifs is 1. The lowest BCUT2D eigenvalue weighted by molar-refractivity contribution is -0.137. The Morgan fingerprint density at radius 1 is 1.62 bits per heavy atom. The van der Waals surface area contributed by atoms with Crippen molar-refractivity contribution in [3.8, 4) is 0 Å². The summed E-state index contributed by atoms with van der Waals surface area (Å²) in [7, 11) is 2.01. The van der Waals surface area contributed by atoms with Crippen LogP contribution in [0.5, 0.6) is 0 Å². The van der Waals surface area contributed by atoms with E-state index < -0.39 is 5.97 Å². The molecule has 0 amide bonds. The third-order valence-corrected chi connectivity index (χ3v) is 3.28. The summed E-state index contributed by atoms with van der Waals surface area (Å²) < 4.78 is 0. The van der Waals surface area contributed by atoms with Gasteiger partial charge in [0.25, 0.3) is 0 Å². The Balaban J connectivity index is 2.19. The van der Waals surface area contributed by atoms with Gasteiger partial charge in [0, 0.05) is 36.6 Å². The zero-order valence-corrected chi connectivity index (χ0v) is 9.87. The van der Waals surface area contributed by atoms with Crippen molar-refractivity contribution < 1.29 is 9.90 Å². The number of halogens is 1. The number of carboxylic acid groups (broad SMARTS) is 1. The fourth-order valence-electron chi connectivity index (χ4n) is 2.26. The highest BCUT2D eigenvalue weighted by molar-refractivity contribution is 6.30. The summed E-state index contributed by atoms with van der Waals surface area (Å²) in [4.78, 5) is 12.7. The van der Waals surface area contributed by atoms with Crippen molar-refractivity contribution in [1.29, 1.82) is 0 Å². The van der Waals surface area contributed by atoms with Crippen LogP contribution in [0.15, 0.2) is 18.2 Å². The lowest BCUT2D eigenvalue weighted by atomic mass is 9.96. The Morgan fingerprint density at radius 3 is 3.06 bits per heavy atom. The number of carbonyl (C=O) groups is 1. The number of rotatable bonds is 3. The van der Waals surface area contributed by atoms with Crippen molar-refractivity contribution in [2.45, 2.75) is 18.8 Å². The first-order chi connectivity index (χ1) is 7.58. The fraction of sp³-hybridized carbons (Fsp3) is 0.417. The van der Waals surface area contributed by atoms with Crippen LogP contribution in [-0.4, -0.2) is 24.7 Å². The molecule has 1 aliphatic rings. The molecule has 1 atom stereocenters. The van der Waals surface area contributed by atoms with Crippen LogP contribution in [0.4, 0.5) is 5.69 Å². The topological polar surface area (TPSA) is 40.5 Å².